The van der Waals surface area contributed by atoms with E-state index in [0.29, 0.717) is 15.7 Å². The monoisotopic (exact) mass is 275 g/mol. The lowest BCUT2D eigenvalue weighted by molar-refractivity contribution is -0.131. The zero-order valence-corrected chi connectivity index (χ0v) is 10.4. The van der Waals surface area contributed by atoms with Crippen LogP contribution in [-0.2, 0) is 4.79 Å². The van der Waals surface area contributed by atoms with Crippen LogP contribution in [-0.4, -0.2) is 27.0 Å². The molecular weight excluding hydrogens is 266 g/mol. The first-order chi connectivity index (χ1) is 9.15. The summed E-state index contributed by atoms with van der Waals surface area (Å²) >= 11 is 1.18. The second kappa shape index (κ2) is 5.87. The average Bonchev–Trinajstić information content (AvgIpc) is 2.85. The number of anilines is 1. The molecule has 2 aromatic rings. The Labute approximate surface area is 112 Å². The maximum absolute atomic E-state index is 11.8. The predicted molar refractivity (Wildman–Crippen MR) is 71.0 cm³/mol. The minimum atomic E-state index is -1.03. The van der Waals surface area contributed by atoms with E-state index in [4.69, 9.17) is 5.11 Å². The van der Waals surface area contributed by atoms with Crippen LogP contribution < -0.4 is 5.32 Å². The molecule has 0 aliphatic carbocycles. The van der Waals surface area contributed by atoms with Gasteiger partial charge in [0, 0.05) is 23.3 Å². The number of hydrogen-bond acceptors (Lipinski definition) is 5. The molecule has 0 atom stereocenters. The zero-order valence-electron chi connectivity index (χ0n) is 9.61. The third-order valence-corrected chi connectivity index (χ3v) is 2.91. The van der Waals surface area contributed by atoms with Crippen molar-refractivity contribution >= 4 is 34.4 Å². The fraction of sp³-hybridized carbons (Fsp3) is 0. The van der Waals surface area contributed by atoms with Crippen LogP contribution in [0.25, 0.3) is 6.08 Å². The quantitative estimate of drug-likeness (QED) is 0.831. The maximum atomic E-state index is 11.8. The van der Waals surface area contributed by atoms with Crippen molar-refractivity contribution in [3.63, 3.8) is 0 Å². The van der Waals surface area contributed by atoms with Crippen LogP contribution in [0.2, 0.25) is 0 Å². The molecule has 2 rings (SSSR count). The van der Waals surface area contributed by atoms with Gasteiger partial charge in [0.25, 0.3) is 5.91 Å². The summed E-state index contributed by atoms with van der Waals surface area (Å²) in [7, 11) is 0. The number of hydrogen-bond donors (Lipinski definition) is 2. The third kappa shape index (κ3) is 3.71. The first-order valence-electron chi connectivity index (χ1n) is 5.24. The Balaban J connectivity index is 2.04. The highest BCUT2D eigenvalue weighted by Crippen LogP contribution is 2.19. The normalized spacial score (nSPS) is 10.5. The molecule has 0 aliphatic rings. The minimum Gasteiger partial charge on any atom is -0.478 e. The number of rotatable bonds is 4. The number of amides is 1. The highest BCUT2D eigenvalue weighted by Gasteiger charge is 2.08. The van der Waals surface area contributed by atoms with Crippen LogP contribution in [0.3, 0.4) is 0 Å². The molecule has 1 amide bonds. The van der Waals surface area contributed by atoms with Gasteiger partial charge < -0.3 is 5.11 Å². The zero-order chi connectivity index (χ0) is 13.7. The van der Waals surface area contributed by atoms with E-state index < -0.39 is 5.97 Å². The van der Waals surface area contributed by atoms with Crippen molar-refractivity contribution in [2.45, 2.75) is 0 Å². The Morgan fingerprint density at radius 2 is 2.16 bits per heavy atom. The van der Waals surface area contributed by atoms with Gasteiger partial charge in [0.15, 0.2) is 5.13 Å². The summed E-state index contributed by atoms with van der Waals surface area (Å²) in [5.74, 6) is -1.39. The lowest BCUT2D eigenvalue weighted by Gasteiger charge is -1.99. The largest absolute Gasteiger partial charge is 0.478 e. The van der Waals surface area contributed by atoms with E-state index in [2.05, 4.69) is 15.3 Å². The molecule has 0 saturated heterocycles. The van der Waals surface area contributed by atoms with Gasteiger partial charge in [0.1, 0.15) is 5.69 Å². The Morgan fingerprint density at radius 3 is 2.84 bits per heavy atom. The summed E-state index contributed by atoms with van der Waals surface area (Å²) in [6.45, 7) is 0. The van der Waals surface area contributed by atoms with E-state index >= 15 is 0 Å². The van der Waals surface area contributed by atoms with Crippen LogP contribution in [0.15, 0.2) is 36.7 Å². The SMILES string of the molecule is O=C(O)/C=C/c1cnc(NC(=O)c2ccccn2)s1. The number of nitrogens with one attached hydrogen (secondary N) is 1. The van der Waals surface area contributed by atoms with E-state index in [9.17, 15) is 9.59 Å². The molecule has 2 heterocycles. The van der Waals surface area contributed by atoms with Crippen molar-refractivity contribution in [1.29, 1.82) is 0 Å². The maximum Gasteiger partial charge on any atom is 0.328 e. The van der Waals surface area contributed by atoms with E-state index in [1.54, 1.807) is 18.2 Å². The molecule has 0 saturated carbocycles. The van der Waals surface area contributed by atoms with E-state index in [1.165, 1.54) is 29.8 Å². The number of carbonyl (C=O) groups is 2. The molecular formula is C12H9N3O3S. The Morgan fingerprint density at radius 1 is 1.32 bits per heavy atom. The molecule has 2 aromatic heterocycles. The lowest BCUT2D eigenvalue weighted by Crippen LogP contribution is -2.12. The molecule has 0 bridgehead atoms. The van der Waals surface area contributed by atoms with Crippen molar-refractivity contribution in [3.05, 3.63) is 47.2 Å². The highest BCUT2D eigenvalue weighted by molar-refractivity contribution is 7.16. The van der Waals surface area contributed by atoms with Crippen LogP contribution in [0, 0.1) is 0 Å². The smallest absolute Gasteiger partial charge is 0.328 e. The van der Waals surface area contributed by atoms with Crippen LogP contribution in [0.4, 0.5) is 5.13 Å². The van der Waals surface area contributed by atoms with Gasteiger partial charge in [-0.15, -0.1) is 0 Å². The summed E-state index contributed by atoms with van der Waals surface area (Å²) in [6, 6.07) is 5.02. The number of carboxylic acids is 1. The number of carbonyl (C=O) groups excluding carboxylic acids is 1. The summed E-state index contributed by atoms with van der Waals surface area (Å²) in [4.78, 5) is 30.7. The van der Waals surface area contributed by atoms with Gasteiger partial charge in [-0.3, -0.25) is 15.1 Å². The number of pyridine rings is 1. The van der Waals surface area contributed by atoms with Crippen molar-refractivity contribution < 1.29 is 14.7 Å². The standard InChI is InChI=1S/C12H9N3O3S/c16-10(17)5-4-8-7-14-12(19-8)15-11(18)9-3-1-2-6-13-9/h1-7H,(H,16,17)(H,14,15,18)/b5-4+. The molecule has 0 fully saturated rings. The van der Waals surface area contributed by atoms with Crippen molar-refractivity contribution in [2.75, 3.05) is 5.32 Å². The molecule has 0 spiro atoms. The van der Waals surface area contributed by atoms with Crippen LogP contribution in [0.1, 0.15) is 15.4 Å². The lowest BCUT2D eigenvalue weighted by atomic mass is 10.3. The van der Waals surface area contributed by atoms with Crippen molar-refractivity contribution in [3.8, 4) is 0 Å². The van der Waals surface area contributed by atoms with Gasteiger partial charge in [0.2, 0.25) is 0 Å². The van der Waals surface area contributed by atoms with Gasteiger partial charge in [0.05, 0.1) is 0 Å². The summed E-state index contributed by atoms with van der Waals surface area (Å²) < 4.78 is 0. The average molecular weight is 275 g/mol. The summed E-state index contributed by atoms with van der Waals surface area (Å²) in [5.41, 5.74) is 0.292. The minimum absolute atomic E-state index is 0.292. The molecule has 0 radical (unpaired) electrons. The molecule has 96 valence electrons. The predicted octanol–water partition coefficient (Wildman–Crippen LogP) is 1.89. The highest BCUT2D eigenvalue weighted by atomic mass is 32.1. The molecule has 0 aliphatic heterocycles. The van der Waals surface area contributed by atoms with E-state index in [1.807, 2.05) is 0 Å². The summed E-state index contributed by atoms with van der Waals surface area (Å²) in [5, 5.41) is 11.5. The number of thiazole rings is 1. The Hall–Kier alpha value is -2.54. The second-order valence-electron chi connectivity index (χ2n) is 3.41. The summed E-state index contributed by atoms with van der Waals surface area (Å²) in [6.07, 6.45) is 5.43. The van der Waals surface area contributed by atoms with Gasteiger partial charge >= 0.3 is 5.97 Å². The molecule has 0 unspecified atom stereocenters. The molecule has 19 heavy (non-hydrogen) atoms. The van der Waals surface area contributed by atoms with Gasteiger partial charge in [-0.25, -0.2) is 9.78 Å². The van der Waals surface area contributed by atoms with Crippen molar-refractivity contribution in [1.82, 2.24) is 9.97 Å². The molecule has 0 aromatic carbocycles. The van der Waals surface area contributed by atoms with E-state index in [-0.39, 0.29) is 5.91 Å². The van der Waals surface area contributed by atoms with Crippen LogP contribution >= 0.6 is 11.3 Å². The molecule has 7 heteroatoms. The number of nitrogens with zero attached hydrogens (tertiary/aromatic N) is 2. The Kier molecular flexibility index (Phi) is 3.99. The molecule has 6 nitrogen and oxygen atoms in total. The first kappa shape index (κ1) is 12.9. The van der Waals surface area contributed by atoms with Crippen LogP contribution in [0.5, 0.6) is 0 Å². The van der Waals surface area contributed by atoms with Gasteiger partial charge in [-0.05, 0) is 18.2 Å². The second-order valence-corrected chi connectivity index (χ2v) is 4.47. The number of aromatic nitrogens is 2. The van der Waals surface area contributed by atoms with Crippen molar-refractivity contribution in [2.24, 2.45) is 0 Å². The van der Waals surface area contributed by atoms with Gasteiger partial charge in [-0.2, -0.15) is 0 Å². The Bertz CT molecular complexity index is 622. The number of aliphatic carboxylic acids is 1. The third-order valence-electron chi connectivity index (χ3n) is 2.03. The fourth-order valence-electron chi connectivity index (χ4n) is 1.23. The van der Waals surface area contributed by atoms with E-state index in [0.717, 1.165) is 6.08 Å². The first-order valence-corrected chi connectivity index (χ1v) is 6.06. The van der Waals surface area contributed by atoms with Gasteiger partial charge in [-0.1, -0.05) is 17.4 Å². The molecule has 2 N–H and O–H groups in total. The number of carboxylic acid groups (broad SMARTS) is 1. The topological polar surface area (TPSA) is 92.2 Å². The fourth-order valence-corrected chi connectivity index (χ4v) is 1.95.